The molecule has 5 rings (SSSR count). The lowest BCUT2D eigenvalue weighted by Crippen LogP contribution is -2.56. The summed E-state index contributed by atoms with van der Waals surface area (Å²) >= 11 is 0. The summed E-state index contributed by atoms with van der Waals surface area (Å²) in [6.45, 7) is 6.26. The van der Waals surface area contributed by atoms with E-state index in [1.807, 2.05) is 18.3 Å². The summed E-state index contributed by atoms with van der Waals surface area (Å²) in [5.41, 5.74) is 8.91. The number of methoxy groups -OCH3 is 1. The van der Waals surface area contributed by atoms with Gasteiger partial charge >= 0.3 is 0 Å². The molecule has 3 aliphatic rings. The number of ether oxygens (including phenoxy) is 1. The molecule has 0 spiro atoms. The predicted molar refractivity (Wildman–Crippen MR) is 97.0 cm³/mol. The average Bonchev–Trinajstić information content (AvgIpc) is 2.66. The van der Waals surface area contributed by atoms with Crippen molar-refractivity contribution in [3.8, 4) is 5.75 Å². The van der Waals surface area contributed by atoms with E-state index >= 15 is 0 Å². The number of piperidine rings is 3. The maximum absolute atomic E-state index is 6.76. The smallest absolute Gasteiger partial charge is 0.119 e. The first-order chi connectivity index (χ1) is 11.7. The average molecular weight is 323 g/mol. The highest BCUT2D eigenvalue weighted by Crippen LogP contribution is 2.41. The third-order valence-electron chi connectivity index (χ3n) is 5.91. The molecule has 5 atom stereocenters. The molecule has 2 bridgehead atoms. The van der Waals surface area contributed by atoms with E-state index < -0.39 is 0 Å². The second kappa shape index (κ2) is 6.19. The molecule has 3 fully saturated rings. The van der Waals surface area contributed by atoms with Gasteiger partial charge in [0, 0.05) is 30.2 Å². The number of aromatic nitrogens is 1. The van der Waals surface area contributed by atoms with Crippen LogP contribution >= 0.6 is 0 Å². The third-order valence-corrected chi connectivity index (χ3v) is 5.91. The van der Waals surface area contributed by atoms with Gasteiger partial charge in [-0.1, -0.05) is 6.08 Å². The van der Waals surface area contributed by atoms with Crippen LogP contribution in [0.25, 0.3) is 10.9 Å². The molecule has 1 aromatic heterocycles. The van der Waals surface area contributed by atoms with Crippen LogP contribution in [-0.2, 0) is 0 Å². The second-order valence-corrected chi connectivity index (χ2v) is 7.06. The van der Waals surface area contributed by atoms with Crippen molar-refractivity contribution >= 4 is 10.9 Å². The van der Waals surface area contributed by atoms with E-state index in [9.17, 15) is 0 Å². The summed E-state index contributed by atoms with van der Waals surface area (Å²) in [5, 5.41) is 1.10. The van der Waals surface area contributed by atoms with Crippen LogP contribution in [-0.4, -0.2) is 36.1 Å². The third kappa shape index (κ3) is 2.50. The molecule has 0 radical (unpaired) electrons. The summed E-state index contributed by atoms with van der Waals surface area (Å²) in [4.78, 5) is 7.04. The van der Waals surface area contributed by atoms with Crippen LogP contribution < -0.4 is 10.5 Å². The Hall–Kier alpha value is -1.91. The normalized spacial score (nSPS) is 30.2. The quantitative estimate of drug-likeness (QED) is 0.878. The number of hydrogen-bond donors (Lipinski definition) is 1. The number of nitrogens with zero attached hydrogens (tertiary/aromatic N) is 2. The molecule has 126 valence electrons. The number of fused-ring (bicyclic) bond motifs is 4. The van der Waals surface area contributed by atoms with Gasteiger partial charge in [0.1, 0.15) is 5.75 Å². The molecule has 1 aromatic carbocycles. The molecule has 4 heterocycles. The highest BCUT2D eigenvalue weighted by molar-refractivity contribution is 5.84. The van der Waals surface area contributed by atoms with Gasteiger partial charge in [0.15, 0.2) is 0 Å². The van der Waals surface area contributed by atoms with E-state index in [4.69, 9.17) is 10.5 Å². The minimum atomic E-state index is -0.00354. The highest BCUT2D eigenvalue weighted by Gasteiger charge is 2.41. The highest BCUT2D eigenvalue weighted by atomic mass is 16.5. The Morgan fingerprint density at radius 1 is 1.42 bits per heavy atom. The van der Waals surface area contributed by atoms with E-state index in [0.29, 0.717) is 12.0 Å². The van der Waals surface area contributed by atoms with Crippen molar-refractivity contribution in [1.29, 1.82) is 0 Å². The van der Waals surface area contributed by atoms with E-state index in [1.165, 1.54) is 12.0 Å². The van der Waals surface area contributed by atoms with Gasteiger partial charge in [0.05, 0.1) is 12.6 Å². The summed E-state index contributed by atoms with van der Waals surface area (Å²) in [6, 6.07) is 8.48. The standard InChI is InChI=1S/C20H25N3O/c1-3-13-12-23-9-7-14(13)10-19(23)20(21)16-6-8-22-18-5-4-15(24-2)11-17(16)18/h3-6,8,11,13-14,19-20H,1,7,9-10,12,21H2,2H3/t13-,14+,19-,20+/m1/s1. The van der Waals surface area contributed by atoms with Crippen LogP contribution in [0.5, 0.6) is 5.75 Å². The molecule has 2 aromatic rings. The lowest BCUT2D eigenvalue weighted by Gasteiger charge is -2.51. The zero-order chi connectivity index (χ0) is 16.7. The molecular formula is C20H25N3O. The van der Waals surface area contributed by atoms with Gasteiger partial charge < -0.3 is 10.5 Å². The van der Waals surface area contributed by atoms with Gasteiger partial charge in [-0.25, -0.2) is 0 Å². The Labute approximate surface area is 143 Å². The minimum absolute atomic E-state index is 0.00354. The lowest BCUT2D eigenvalue weighted by molar-refractivity contribution is 0.00749. The molecule has 3 saturated heterocycles. The van der Waals surface area contributed by atoms with Crippen molar-refractivity contribution < 1.29 is 4.74 Å². The monoisotopic (exact) mass is 323 g/mol. The maximum atomic E-state index is 6.76. The van der Waals surface area contributed by atoms with Crippen LogP contribution in [0.2, 0.25) is 0 Å². The first-order valence-electron chi connectivity index (χ1n) is 8.76. The van der Waals surface area contributed by atoms with Crippen LogP contribution in [0.4, 0.5) is 0 Å². The lowest BCUT2D eigenvalue weighted by atomic mass is 9.73. The number of pyridine rings is 1. The molecule has 24 heavy (non-hydrogen) atoms. The van der Waals surface area contributed by atoms with Gasteiger partial charge in [-0.15, -0.1) is 6.58 Å². The Bertz CT molecular complexity index is 760. The molecule has 0 saturated carbocycles. The fourth-order valence-electron chi connectivity index (χ4n) is 4.52. The van der Waals surface area contributed by atoms with Gasteiger partial charge in [0.2, 0.25) is 0 Å². The van der Waals surface area contributed by atoms with E-state index in [-0.39, 0.29) is 6.04 Å². The largest absolute Gasteiger partial charge is 0.497 e. The molecule has 2 N–H and O–H groups in total. The van der Waals surface area contributed by atoms with Crippen molar-refractivity contribution in [3.05, 3.63) is 48.7 Å². The zero-order valence-electron chi connectivity index (χ0n) is 14.2. The number of hydrogen-bond acceptors (Lipinski definition) is 4. The van der Waals surface area contributed by atoms with Gasteiger partial charge in [0.25, 0.3) is 0 Å². The topological polar surface area (TPSA) is 51.4 Å². The predicted octanol–water partition coefficient (Wildman–Crippen LogP) is 3.14. The first-order valence-corrected chi connectivity index (χ1v) is 8.76. The summed E-state index contributed by atoms with van der Waals surface area (Å²) in [7, 11) is 1.69. The molecule has 3 aliphatic heterocycles. The van der Waals surface area contributed by atoms with E-state index in [0.717, 1.165) is 42.1 Å². The second-order valence-electron chi connectivity index (χ2n) is 7.06. The van der Waals surface area contributed by atoms with Crippen molar-refractivity contribution in [2.45, 2.75) is 24.9 Å². The van der Waals surface area contributed by atoms with Gasteiger partial charge in [-0.2, -0.15) is 0 Å². The Morgan fingerprint density at radius 3 is 3.00 bits per heavy atom. The number of rotatable bonds is 4. The maximum Gasteiger partial charge on any atom is 0.119 e. The molecular weight excluding hydrogens is 298 g/mol. The van der Waals surface area contributed by atoms with Crippen LogP contribution in [0, 0.1) is 11.8 Å². The van der Waals surface area contributed by atoms with Crippen LogP contribution in [0.3, 0.4) is 0 Å². The van der Waals surface area contributed by atoms with E-state index in [2.05, 4.69) is 34.7 Å². The molecule has 4 nitrogen and oxygen atoms in total. The van der Waals surface area contributed by atoms with Crippen molar-refractivity contribution in [1.82, 2.24) is 9.88 Å². The molecule has 0 aliphatic carbocycles. The Kier molecular flexibility index (Phi) is 4.02. The fraction of sp³-hybridized carbons (Fsp3) is 0.450. The van der Waals surface area contributed by atoms with E-state index in [1.54, 1.807) is 7.11 Å². The Balaban J connectivity index is 1.69. The summed E-state index contributed by atoms with van der Waals surface area (Å²) in [6.07, 6.45) is 6.43. The number of benzene rings is 1. The minimum Gasteiger partial charge on any atom is -0.497 e. The van der Waals surface area contributed by atoms with Gasteiger partial charge in [-0.3, -0.25) is 9.88 Å². The first kappa shape index (κ1) is 15.6. The Morgan fingerprint density at radius 2 is 2.29 bits per heavy atom. The zero-order valence-corrected chi connectivity index (χ0v) is 14.2. The van der Waals surface area contributed by atoms with Crippen molar-refractivity contribution in [2.24, 2.45) is 17.6 Å². The van der Waals surface area contributed by atoms with Gasteiger partial charge in [-0.05, 0) is 61.1 Å². The summed E-state index contributed by atoms with van der Waals surface area (Å²) < 4.78 is 5.39. The van der Waals surface area contributed by atoms with Crippen molar-refractivity contribution in [3.63, 3.8) is 0 Å². The molecule has 0 amide bonds. The molecule has 1 unspecified atom stereocenters. The summed E-state index contributed by atoms with van der Waals surface area (Å²) in [5.74, 6) is 2.20. The van der Waals surface area contributed by atoms with Crippen LogP contribution in [0.15, 0.2) is 43.1 Å². The number of nitrogens with two attached hydrogens (primary N) is 1. The van der Waals surface area contributed by atoms with Crippen molar-refractivity contribution in [2.75, 3.05) is 20.2 Å². The fourth-order valence-corrected chi connectivity index (χ4v) is 4.52. The molecule has 4 heteroatoms. The SMILES string of the molecule is C=C[C@@H]1CN2CC[C@H]1C[C@@H]2[C@@H](N)c1ccnc2ccc(OC)cc12. The van der Waals surface area contributed by atoms with Crippen LogP contribution in [0.1, 0.15) is 24.4 Å².